The largest absolute Gasteiger partial charge is 0.464 e. The number of rotatable bonds is 6. The first-order valence-electron chi connectivity index (χ1n) is 8.96. The Balaban J connectivity index is 2.10. The van der Waals surface area contributed by atoms with Gasteiger partial charge in [-0.1, -0.05) is 19.9 Å². The van der Waals surface area contributed by atoms with Crippen LogP contribution in [0.3, 0.4) is 0 Å². The van der Waals surface area contributed by atoms with Crippen molar-refractivity contribution in [2.45, 2.75) is 51.7 Å². The highest BCUT2D eigenvalue weighted by atomic mass is 19.4. The molecular weight excluding hydrogens is 366 g/mol. The van der Waals surface area contributed by atoms with Crippen LogP contribution in [0.5, 0.6) is 0 Å². The second-order valence-corrected chi connectivity index (χ2v) is 7.03. The van der Waals surface area contributed by atoms with Gasteiger partial charge in [-0.15, -0.1) is 0 Å². The quantitative estimate of drug-likeness (QED) is 0.411. The van der Waals surface area contributed by atoms with Crippen LogP contribution >= 0.6 is 0 Å². The zero-order valence-electron chi connectivity index (χ0n) is 15.3. The number of ether oxygens (including phenoxy) is 1. The maximum Gasteiger partial charge on any atom is 0.419 e. The summed E-state index contributed by atoms with van der Waals surface area (Å²) in [4.78, 5) is 25.9. The Bertz CT molecular complexity index is 688. The first kappa shape index (κ1) is 21.2. The third kappa shape index (κ3) is 5.20. The summed E-state index contributed by atoms with van der Waals surface area (Å²) in [6.07, 6.45) is -2.49. The maximum absolute atomic E-state index is 14.2. The van der Waals surface area contributed by atoms with Crippen molar-refractivity contribution in [3.05, 3.63) is 35.1 Å². The van der Waals surface area contributed by atoms with E-state index in [2.05, 4.69) is 0 Å². The highest BCUT2D eigenvalue weighted by Crippen LogP contribution is 2.33. The van der Waals surface area contributed by atoms with Crippen LogP contribution in [0.1, 0.15) is 55.5 Å². The van der Waals surface area contributed by atoms with E-state index in [1.807, 2.05) is 13.8 Å². The van der Waals surface area contributed by atoms with Gasteiger partial charge in [-0.05, 0) is 43.7 Å². The lowest BCUT2D eigenvalue weighted by Gasteiger charge is -2.24. The molecule has 4 nitrogen and oxygen atoms in total. The molecule has 27 heavy (non-hydrogen) atoms. The lowest BCUT2D eigenvalue weighted by molar-refractivity contribution is -0.148. The minimum Gasteiger partial charge on any atom is -0.464 e. The summed E-state index contributed by atoms with van der Waals surface area (Å²) in [5.41, 5.74) is -2.19. The number of hydrogen-bond acceptors (Lipinski definition) is 3. The van der Waals surface area contributed by atoms with Crippen LogP contribution in [0.25, 0.3) is 0 Å². The van der Waals surface area contributed by atoms with Crippen molar-refractivity contribution in [2.75, 3.05) is 13.2 Å². The third-order valence-electron chi connectivity index (χ3n) is 4.49. The highest BCUT2D eigenvalue weighted by Gasteiger charge is 2.39. The van der Waals surface area contributed by atoms with Gasteiger partial charge in [0.25, 0.3) is 5.91 Å². The molecule has 1 aromatic rings. The number of amides is 1. The molecule has 1 aliphatic rings. The number of likely N-dealkylation sites (tertiary alicyclic amines) is 1. The Kier molecular flexibility index (Phi) is 6.84. The molecule has 1 aromatic carbocycles. The molecule has 2 rings (SSSR count). The summed E-state index contributed by atoms with van der Waals surface area (Å²) in [5.74, 6) is -2.68. The van der Waals surface area contributed by atoms with Gasteiger partial charge < -0.3 is 9.64 Å². The molecular formula is C19H23F4NO3. The van der Waals surface area contributed by atoms with Gasteiger partial charge in [-0.25, -0.2) is 9.18 Å². The van der Waals surface area contributed by atoms with Crippen molar-refractivity contribution < 1.29 is 31.9 Å². The molecule has 0 N–H and O–H groups in total. The van der Waals surface area contributed by atoms with Gasteiger partial charge in [0, 0.05) is 6.54 Å². The van der Waals surface area contributed by atoms with Crippen molar-refractivity contribution in [1.29, 1.82) is 0 Å². The van der Waals surface area contributed by atoms with E-state index in [9.17, 15) is 27.2 Å². The highest BCUT2D eigenvalue weighted by molar-refractivity contribution is 5.97. The van der Waals surface area contributed by atoms with E-state index in [0.717, 1.165) is 23.5 Å². The van der Waals surface area contributed by atoms with Crippen LogP contribution in [0.2, 0.25) is 0 Å². The minimum absolute atomic E-state index is 0.167. The van der Waals surface area contributed by atoms with Crippen molar-refractivity contribution in [2.24, 2.45) is 5.92 Å². The molecule has 0 radical (unpaired) electrons. The Hall–Kier alpha value is -2.12. The predicted octanol–water partition coefficient (Wildman–Crippen LogP) is 4.43. The number of esters is 1. The van der Waals surface area contributed by atoms with Crippen molar-refractivity contribution in [3.63, 3.8) is 0 Å². The number of benzene rings is 1. The second-order valence-electron chi connectivity index (χ2n) is 7.03. The zero-order chi connectivity index (χ0) is 20.2. The van der Waals surface area contributed by atoms with E-state index in [1.54, 1.807) is 0 Å². The number of halogens is 4. The number of hydrogen-bond donors (Lipinski definition) is 0. The molecule has 8 heteroatoms. The smallest absolute Gasteiger partial charge is 0.419 e. The van der Waals surface area contributed by atoms with E-state index in [4.69, 9.17) is 4.74 Å². The van der Waals surface area contributed by atoms with E-state index in [-0.39, 0.29) is 13.2 Å². The van der Waals surface area contributed by atoms with Crippen LogP contribution in [0.4, 0.5) is 17.6 Å². The molecule has 0 spiro atoms. The molecule has 150 valence electrons. The van der Waals surface area contributed by atoms with Crippen molar-refractivity contribution >= 4 is 11.9 Å². The van der Waals surface area contributed by atoms with Gasteiger partial charge in [-0.3, -0.25) is 4.79 Å². The summed E-state index contributed by atoms with van der Waals surface area (Å²) < 4.78 is 58.0. The van der Waals surface area contributed by atoms with Gasteiger partial charge in [-0.2, -0.15) is 13.2 Å². The first-order chi connectivity index (χ1) is 12.6. The average molecular weight is 389 g/mol. The number of nitrogens with zero attached hydrogens (tertiary/aromatic N) is 1. The summed E-state index contributed by atoms with van der Waals surface area (Å²) in [7, 11) is 0. The monoisotopic (exact) mass is 389 g/mol. The predicted molar refractivity (Wildman–Crippen MR) is 90.5 cm³/mol. The van der Waals surface area contributed by atoms with Gasteiger partial charge in [0.15, 0.2) is 0 Å². The van der Waals surface area contributed by atoms with E-state index in [1.165, 1.54) is 0 Å². The minimum atomic E-state index is -4.90. The molecule has 0 aliphatic carbocycles. The van der Waals surface area contributed by atoms with Gasteiger partial charge in [0.1, 0.15) is 11.9 Å². The topological polar surface area (TPSA) is 46.6 Å². The fourth-order valence-electron chi connectivity index (χ4n) is 3.09. The van der Waals surface area contributed by atoms with Crippen LogP contribution in [0, 0.1) is 11.7 Å². The Morgan fingerprint density at radius 3 is 2.63 bits per heavy atom. The molecule has 1 unspecified atom stereocenters. The molecule has 1 saturated heterocycles. The molecule has 0 saturated carbocycles. The summed E-state index contributed by atoms with van der Waals surface area (Å²) in [5, 5.41) is 0. The molecule has 1 heterocycles. The number of carbonyl (C=O) groups excluding carboxylic acids is 2. The molecule has 1 fully saturated rings. The van der Waals surface area contributed by atoms with Crippen molar-refractivity contribution in [1.82, 2.24) is 4.90 Å². The first-order valence-corrected chi connectivity index (χ1v) is 8.96. The fraction of sp³-hybridized carbons (Fsp3) is 0.579. The van der Waals surface area contributed by atoms with E-state index >= 15 is 0 Å². The number of carbonyl (C=O) groups is 2. The normalized spacial score (nSPS) is 17.4. The number of alkyl halides is 3. The Morgan fingerprint density at radius 2 is 2.00 bits per heavy atom. The lowest BCUT2D eigenvalue weighted by Crippen LogP contribution is -2.42. The van der Waals surface area contributed by atoms with Gasteiger partial charge in [0.2, 0.25) is 0 Å². The van der Waals surface area contributed by atoms with Crippen LogP contribution < -0.4 is 0 Å². The van der Waals surface area contributed by atoms with Crippen LogP contribution in [-0.2, 0) is 15.7 Å². The van der Waals surface area contributed by atoms with Crippen LogP contribution in [0.15, 0.2) is 18.2 Å². The van der Waals surface area contributed by atoms with E-state index < -0.39 is 41.0 Å². The Morgan fingerprint density at radius 1 is 1.30 bits per heavy atom. The van der Waals surface area contributed by atoms with Gasteiger partial charge in [0.05, 0.1) is 17.7 Å². The molecule has 0 bridgehead atoms. The molecule has 1 aliphatic heterocycles. The standard InChI is InChI=1S/C19H23F4NO3/c1-12(2)6-5-11-27-18(26)15-9-4-10-24(15)17(25)13-7-3-8-14(16(13)20)19(21,22)23/h3,7-8,12,15H,4-6,9-11H2,1-2H3. The Labute approximate surface area is 155 Å². The summed E-state index contributed by atoms with van der Waals surface area (Å²) in [6, 6.07) is 1.66. The second kappa shape index (κ2) is 8.71. The third-order valence-corrected chi connectivity index (χ3v) is 4.49. The maximum atomic E-state index is 14.2. The molecule has 1 amide bonds. The molecule has 1 atom stereocenters. The van der Waals surface area contributed by atoms with Crippen LogP contribution in [-0.4, -0.2) is 36.0 Å². The zero-order valence-corrected chi connectivity index (χ0v) is 15.3. The summed E-state index contributed by atoms with van der Waals surface area (Å²) >= 11 is 0. The fourth-order valence-corrected chi connectivity index (χ4v) is 3.09. The average Bonchev–Trinajstić information content (AvgIpc) is 3.06. The SMILES string of the molecule is CC(C)CCCOC(=O)C1CCCN1C(=O)c1cccc(C(F)(F)F)c1F. The van der Waals surface area contributed by atoms with E-state index in [0.29, 0.717) is 31.2 Å². The molecule has 0 aromatic heterocycles. The van der Waals surface area contributed by atoms with Gasteiger partial charge >= 0.3 is 12.1 Å². The summed E-state index contributed by atoms with van der Waals surface area (Å²) in [6.45, 7) is 4.47. The lowest BCUT2D eigenvalue weighted by atomic mass is 10.1. The van der Waals surface area contributed by atoms with Crippen molar-refractivity contribution in [3.8, 4) is 0 Å².